The number of hydrogen-bond donors (Lipinski definition) is 2. The number of nitrogens with zero attached hydrogens (tertiary/aromatic N) is 2. The van der Waals surface area contributed by atoms with E-state index in [1.807, 2.05) is 37.5 Å². The van der Waals surface area contributed by atoms with Crippen molar-refractivity contribution in [3.8, 4) is 0 Å². The zero-order chi connectivity index (χ0) is 29.7. The average molecular weight is 553 g/mol. The molecule has 0 aromatic carbocycles. The first kappa shape index (κ1) is 32.7. The number of piperidine rings is 2. The predicted molar refractivity (Wildman–Crippen MR) is 150 cm³/mol. The van der Waals surface area contributed by atoms with Crippen LogP contribution < -0.4 is 10.6 Å². The van der Waals surface area contributed by atoms with Crippen LogP contribution in [0.25, 0.3) is 0 Å². The molecule has 10 nitrogen and oxygen atoms in total. The largest absolute Gasteiger partial charge is 0.444 e. The lowest BCUT2D eigenvalue weighted by Gasteiger charge is -2.47. The molecule has 2 atom stereocenters. The fourth-order valence-corrected chi connectivity index (χ4v) is 5.37. The molecule has 2 saturated heterocycles. The van der Waals surface area contributed by atoms with E-state index >= 15 is 0 Å². The third kappa shape index (κ3) is 11.2. The smallest absolute Gasteiger partial charge is 0.408 e. The molecule has 0 spiro atoms. The topological polar surface area (TPSA) is 117 Å². The number of rotatable bonds is 8. The van der Waals surface area contributed by atoms with E-state index in [0.29, 0.717) is 39.0 Å². The van der Waals surface area contributed by atoms with E-state index in [-0.39, 0.29) is 35.5 Å². The third-order valence-electron chi connectivity index (χ3n) is 6.60. The number of likely N-dealkylation sites (tertiary alicyclic amines) is 2. The monoisotopic (exact) mass is 552 g/mol. The summed E-state index contributed by atoms with van der Waals surface area (Å²) in [5, 5.41) is 5.59. The van der Waals surface area contributed by atoms with Gasteiger partial charge in [-0.15, -0.1) is 0 Å². The number of carbonyl (C=O) groups is 4. The Labute approximate surface area is 234 Å². The molecular formula is C29H52N4O6. The van der Waals surface area contributed by atoms with E-state index in [1.54, 1.807) is 41.5 Å². The van der Waals surface area contributed by atoms with Crippen LogP contribution in [0.15, 0.2) is 0 Å². The highest BCUT2D eigenvalue weighted by molar-refractivity contribution is 5.87. The number of hydrogen-bond acceptors (Lipinski definition) is 6. The SMILES string of the molecule is CC(C)C[C@H](NC(=O)OC(C)(C)C)C(=O)N1CC2CC(C1)CN(C(=O)[C@H](CC(C)C)NC(=O)OC(C)(C)C)C2. The molecule has 0 aliphatic carbocycles. The Bertz CT molecular complexity index is 794. The van der Waals surface area contributed by atoms with Gasteiger partial charge in [-0.25, -0.2) is 9.59 Å². The molecular weight excluding hydrogens is 500 g/mol. The molecule has 0 aromatic heterocycles. The van der Waals surface area contributed by atoms with E-state index in [2.05, 4.69) is 10.6 Å². The van der Waals surface area contributed by atoms with Crippen molar-refractivity contribution in [3.05, 3.63) is 0 Å². The van der Waals surface area contributed by atoms with E-state index < -0.39 is 35.5 Å². The lowest BCUT2D eigenvalue weighted by atomic mass is 9.83. The van der Waals surface area contributed by atoms with Crippen molar-refractivity contribution < 1.29 is 28.7 Å². The Kier molecular flexibility index (Phi) is 11.1. The van der Waals surface area contributed by atoms with Crippen molar-refractivity contribution in [3.63, 3.8) is 0 Å². The Hall–Kier alpha value is -2.52. The van der Waals surface area contributed by atoms with Crippen LogP contribution in [0.1, 0.15) is 88.5 Å². The number of alkyl carbamates (subject to hydrolysis) is 2. The highest BCUT2D eigenvalue weighted by atomic mass is 16.6. The van der Waals surface area contributed by atoms with Gasteiger partial charge in [0.25, 0.3) is 0 Å². The van der Waals surface area contributed by atoms with E-state index in [1.165, 1.54) is 0 Å². The van der Waals surface area contributed by atoms with Gasteiger partial charge >= 0.3 is 12.2 Å². The molecule has 2 bridgehead atoms. The zero-order valence-electron chi connectivity index (χ0n) is 25.8. The maximum atomic E-state index is 13.6. The first-order valence-corrected chi connectivity index (χ1v) is 14.4. The summed E-state index contributed by atoms with van der Waals surface area (Å²) in [4.78, 5) is 55.7. The van der Waals surface area contributed by atoms with Gasteiger partial charge in [-0.3, -0.25) is 9.59 Å². The second-order valence-corrected chi connectivity index (χ2v) is 14.1. The van der Waals surface area contributed by atoms with Gasteiger partial charge in [-0.05, 0) is 84.5 Å². The van der Waals surface area contributed by atoms with Gasteiger partial charge in [0.2, 0.25) is 11.8 Å². The van der Waals surface area contributed by atoms with Crippen LogP contribution in [-0.4, -0.2) is 83.3 Å². The molecule has 2 N–H and O–H groups in total. The van der Waals surface area contributed by atoms with Crippen LogP contribution in [0, 0.1) is 23.7 Å². The van der Waals surface area contributed by atoms with Crippen LogP contribution in [0.5, 0.6) is 0 Å². The molecule has 2 aliphatic rings. The lowest BCUT2D eigenvalue weighted by molar-refractivity contribution is -0.143. The number of carbonyl (C=O) groups excluding carboxylic acids is 4. The summed E-state index contributed by atoms with van der Waals surface area (Å²) in [7, 11) is 0. The molecule has 10 heteroatoms. The molecule has 39 heavy (non-hydrogen) atoms. The Balaban J connectivity index is 2.07. The van der Waals surface area contributed by atoms with E-state index in [0.717, 1.165) is 6.42 Å². The highest BCUT2D eigenvalue weighted by Crippen LogP contribution is 2.30. The third-order valence-corrected chi connectivity index (χ3v) is 6.60. The maximum absolute atomic E-state index is 13.6. The first-order chi connectivity index (χ1) is 17.8. The summed E-state index contributed by atoms with van der Waals surface area (Å²) in [5.41, 5.74) is -1.31. The molecule has 0 unspecified atom stereocenters. The molecule has 0 saturated carbocycles. The van der Waals surface area contributed by atoms with Crippen molar-refractivity contribution in [2.24, 2.45) is 23.7 Å². The second-order valence-electron chi connectivity index (χ2n) is 14.1. The fourth-order valence-electron chi connectivity index (χ4n) is 5.37. The summed E-state index contributed by atoms with van der Waals surface area (Å²) in [5.74, 6) is 0.477. The van der Waals surface area contributed by atoms with Crippen LogP contribution >= 0.6 is 0 Å². The predicted octanol–water partition coefficient (Wildman–Crippen LogP) is 4.17. The normalized spacial score (nSPS) is 21.3. The maximum Gasteiger partial charge on any atom is 0.408 e. The van der Waals surface area contributed by atoms with Crippen molar-refractivity contribution in [2.45, 2.75) is 112 Å². The number of nitrogens with one attached hydrogen (secondary N) is 2. The molecule has 224 valence electrons. The number of amides is 4. The summed E-state index contributed by atoms with van der Waals surface area (Å²) in [6.07, 6.45) is 0.785. The van der Waals surface area contributed by atoms with Crippen LogP contribution in [0.3, 0.4) is 0 Å². The summed E-state index contributed by atoms with van der Waals surface area (Å²) in [6.45, 7) is 20.9. The Morgan fingerprint density at radius 3 is 1.23 bits per heavy atom. The molecule has 2 rings (SSSR count). The first-order valence-electron chi connectivity index (χ1n) is 14.4. The number of fused-ring (bicyclic) bond motifs is 2. The molecule has 2 fully saturated rings. The van der Waals surface area contributed by atoms with Gasteiger partial charge in [-0.1, -0.05) is 27.7 Å². The zero-order valence-corrected chi connectivity index (χ0v) is 25.8. The highest BCUT2D eigenvalue weighted by Gasteiger charge is 2.41. The van der Waals surface area contributed by atoms with Crippen LogP contribution in [-0.2, 0) is 19.1 Å². The minimum absolute atomic E-state index is 0.103. The fraction of sp³-hybridized carbons (Fsp3) is 0.862. The molecule has 4 amide bonds. The minimum Gasteiger partial charge on any atom is -0.444 e. The summed E-state index contributed by atoms with van der Waals surface area (Å²) in [6, 6.07) is -1.32. The Morgan fingerprint density at radius 2 is 0.974 bits per heavy atom. The Morgan fingerprint density at radius 1 is 0.667 bits per heavy atom. The summed E-state index contributed by atoms with van der Waals surface area (Å²) >= 11 is 0. The van der Waals surface area contributed by atoms with Crippen molar-refractivity contribution in [1.82, 2.24) is 20.4 Å². The van der Waals surface area contributed by atoms with Gasteiger partial charge in [0.1, 0.15) is 23.3 Å². The molecule has 2 heterocycles. The van der Waals surface area contributed by atoms with E-state index in [9.17, 15) is 19.2 Å². The number of ether oxygens (including phenoxy) is 2. The average Bonchev–Trinajstić information content (AvgIpc) is 2.73. The lowest BCUT2D eigenvalue weighted by Crippen LogP contribution is -2.60. The molecule has 0 aromatic rings. The second kappa shape index (κ2) is 13.2. The minimum atomic E-state index is -0.662. The molecule has 0 radical (unpaired) electrons. The quantitative estimate of drug-likeness (QED) is 0.467. The molecule has 2 aliphatic heterocycles. The van der Waals surface area contributed by atoms with Gasteiger partial charge in [0.15, 0.2) is 0 Å². The van der Waals surface area contributed by atoms with E-state index in [4.69, 9.17) is 9.47 Å². The van der Waals surface area contributed by atoms with Crippen molar-refractivity contribution in [1.29, 1.82) is 0 Å². The van der Waals surface area contributed by atoms with Crippen molar-refractivity contribution >= 4 is 24.0 Å². The van der Waals surface area contributed by atoms with Crippen LogP contribution in [0.2, 0.25) is 0 Å². The van der Waals surface area contributed by atoms with Gasteiger partial charge < -0.3 is 29.9 Å². The van der Waals surface area contributed by atoms with Gasteiger partial charge in [-0.2, -0.15) is 0 Å². The van der Waals surface area contributed by atoms with Gasteiger partial charge in [0, 0.05) is 26.2 Å². The van der Waals surface area contributed by atoms with Crippen molar-refractivity contribution in [2.75, 3.05) is 26.2 Å². The van der Waals surface area contributed by atoms with Gasteiger partial charge in [0.05, 0.1) is 0 Å². The standard InChI is InChI=1S/C29H52N4O6/c1-18(2)11-22(30-26(36)38-28(5,6)7)24(34)32-14-20-13-21(15-32)17-33(16-20)25(35)23(12-19(3)4)31-27(37)39-29(8,9)10/h18-23H,11-17H2,1-10H3,(H,30,36)(H,31,37)/t20?,21?,22-,23-/m0/s1. The summed E-state index contributed by atoms with van der Waals surface area (Å²) < 4.78 is 10.8. The van der Waals surface area contributed by atoms with Crippen LogP contribution in [0.4, 0.5) is 9.59 Å².